The molecule has 0 saturated heterocycles. The lowest BCUT2D eigenvalue weighted by atomic mass is 10.2. The van der Waals surface area contributed by atoms with Gasteiger partial charge in [0.1, 0.15) is 10.5 Å². The van der Waals surface area contributed by atoms with Gasteiger partial charge in [-0.05, 0) is 19.1 Å². The van der Waals surface area contributed by atoms with Crippen molar-refractivity contribution in [1.29, 1.82) is 0 Å². The van der Waals surface area contributed by atoms with Gasteiger partial charge in [0.2, 0.25) is 0 Å². The summed E-state index contributed by atoms with van der Waals surface area (Å²) in [5.74, 6) is -2.05. The fourth-order valence-corrected chi connectivity index (χ4v) is 1.88. The van der Waals surface area contributed by atoms with Crippen LogP contribution in [-0.4, -0.2) is 20.6 Å². The standard InChI is InChI=1S/C11H9F3O4S/c1-7-3-5-9(6-4-7)19(16,17)18-10(15)8(2)11(12,13)14/h3-6H,2H2,1H3. The molecule has 4 nitrogen and oxygen atoms in total. The van der Waals surface area contributed by atoms with E-state index in [2.05, 4.69) is 10.8 Å². The van der Waals surface area contributed by atoms with Crippen molar-refractivity contribution in [2.24, 2.45) is 0 Å². The van der Waals surface area contributed by atoms with Crippen LogP contribution in [0.3, 0.4) is 0 Å². The third-order valence-corrected chi connectivity index (χ3v) is 3.30. The van der Waals surface area contributed by atoms with Gasteiger partial charge in [-0.2, -0.15) is 21.6 Å². The molecule has 0 aliphatic rings. The lowest BCUT2D eigenvalue weighted by molar-refractivity contribution is -0.141. The van der Waals surface area contributed by atoms with Gasteiger partial charge in [-0.15, -0.1) is 0 Å². The Morgan fingerprint density at radius 1 is 1.21 bits per heavy atom. The molecule has 0 unspecified atom stereocenters. The third-order valence-electron chi connectivity index (χ3n) is 2.08. The average Bonchev–Trinajstić information content (AvgIpc) is 2.26. The summed E-state index contributed by atoms with van der Waals surface area (Å²) in [6.45, 7) is 4.14. The van der Waals surface area contributed by atoms with Crippen molar-refractivity contribution in [1.82, 2.24) is 0 Å². The minimum Gasteiger partial charge on any atom is -0.338 e. The van der Waals surface area contributed by atoms with Crippen molar-refractivity contribution in [3.05, 3.63) is 42.0 Å². The van der Waals surface area contributed by atoms with E-state index in [1.54, 1.807) is 6.92 Å². The Morgan fingerprint density at radius 3 is 2.11 bits per heavy atom. The number of rotatable bonds is 3. The first kappa shape index (κ1) is 15.2. The molecule has 0 N–H and O–H groups in total. The number of carbonyl (C=O) groups is 1. The second-order valence-electron chi connectivity index (χ2n) is 3.61. The molecule has 0 aliphatic carbocycles. The maximum Gasteiger partial charge on any atom is 0.422 e. The van der Waals surface area contributed by atoms with Gasteiger partial charge >= 0.3 is 22.3 Å². The van der Waals surface area contributed by atoms with Gasteiger partial charge in [0, 0.05) is 0 Å². The van der Waals surface area contributed by atoms with Gasteiger partial charge in [-0.3, -0.25) is 0 Å². The van der Waals surface area contributed by atoms with E-state index in [4.69, 9.17) is 0 Å². The molecule has 0 aliphatic heterocycles. The Labute approximate surface area is 107 Å². The molecule has 0 saturated carbocycles. The first-order valence-electron chi connectivity index (χ1n) is 4.85. The maximum absolute atomic E-state index is 12.1. The summed E-state index contributed by atoms with van der Waals surface area (Å²) in [6, 6.07) is 5.07. The van der Waals surface area contributed by atoms with E-state index in [0.29, 0.717) is 0 Å². The Hall–Kier alpha value is -1.83. The number of hydrogen-bond acceptors (Lipinski definition) is 4. The molecule has 104 valence electrons. The molecule has 1 rings (SSSR count). The van der Waals surface area contributed by atoms with E-state index in [0.717, 1.165) is 17.7 Å². The Kier molecular flexibility index (Phi) is 4.04. The molecular weight excluding hydrogens is 285 g/mol. The molecule has 0 radical (unpaired) electrons. The summed E-state index contributed by atoms with van der Waals surface area (Å²) in [7, 11) is -4.59. The molecule has 0 fully saturated rings. The molecular formula is C11H9F3O4S. The van der Waals surface area contributed by atoms with Crippen molar-refractivity contribution in [3.8, 4) is 0 Å². The van der Waals surface area contributed by atoms with Crippen LogP contribution in [0.2, 0.25) is 0 Å². The van der Waals surface area contributed by atoms with Crippen LogP contribution in [0.4, 0.5) is 13.2 Å². The molecule has 1 aromatic carbocycles. The summed E-state index contributed by atoms with van der Waals surface area (Å²) >= 11 is 0. The van der Waals surface area contributed by atoms with Crippen LogP contribution in [-0.2, 0) is 19.1 Å². The van der Waals surface area contributed by atoms with Crippen LogP contribution < -0.4 is 0 Å². The Balaban J connectivity index is 2.96. The number of halogens is 3. The van der Waals surface area contributed by atoms with Crippen molar-refractivity contribution in [2.45, 2.75) is 18.0 Å². The van der Waals surface area contributed by atoms with Gasteiger partial charge in [-0.1, -0.05) is 24.3 Å². The summed E-state index contributed by atoms with van der Waals surface area (Å²) < 4.78 is 63.3. The van der Waals surface area contributed by atoms with E-state index < -0.39 is 32.7 Å². The zero-order valence-electron chi connectivity index (χ0n) is 9.69. The number of benzene rings is 1. The largest absolute Gasteiger partial charge is 0.422 e. The quantitative estimate of drug-likeness (QED) is 0.634. The fourth-order valence-electron chi connectivity index (χ4n) is 1.02. The van der Waals surface area contributed by atoms with E-state index in [1.165, 1.54) is 12.1 Å². The Bertz CT molecular complexity index is 600. The highest BCUT2D eigenvalue weighted by molar-refractivity contribution is 7.87. The second-order valence-corrected chi connectivity index (χ2v) is 5.16. The van der Waals surface area contributed by atoms with Crippen molar-refractivity contribution >= 4 is 16.1 Å². The van der Waals surface area contributed by atoms with Gasteiger partial charge < -0.3 is 4.18 Å². The van der Waals surface area contributed by atoms with E-state index >= 15 is 0 Å². The zero-order chi connectivity index (χ0) is 14.8. The fraction of sp³-hybridized carbons (Fsp3) is 0.182. The first-order chi connectivity index (χ1) is 8.54. The van der Waals surface area contributed by atoms with Gasteiger partial charge in [-0.25, -0.2) is 4.79 Å². The molecule has 0 atom stereocenters. The second kappa shape index (κ2) is 5.04. The molecule has 1 aromatic rings. The van der Waals surface area contributed by atoms with E-state index in [1.807, 2.05) is 0 Å². The molecule has 0 bridgehead atoms. The van der Waals surface area contributed by atoms with Crippen LogP contribution in [0.5, 0.6) is 0 Å². The summed E-state index contributed by atoms with van der Waals surface area (Å²) in [4.78, 5) is 10.6. The molecule has 0 aromatic heterocycles. The van der Waals surface area contributed by atoms with Crippen LogP contribution >= 0.6 is 0 Å². The summed E-state index contributed by atoms with van der Waals surface area (Å²) in [5, 5.41) is 0. The molecule has 0 spiro atoms. The highest BCUT2D eigenvalue weighted by atomic mass is 32.2. The predicted molar refractivity (Wildman–Crippen MR) is 59.7 cm³/mol. The smallest absolute Gasteiger partial charge is 0.338 e. The van der Waals surface area contributed by atoms with Crippen LogP contribution in [0, 0.1) is 6.92 Å². The molecule has 8 heteroatoms. The first-order valence-corrected chi connectivity index (χ1v) is 6.26. The number of aryl methyl sites for hydroxylation is 1. The van der Waals surface area contributed by atoms with E-state index in [-0.39, 0.29) is 0 Å². The van der Waals surface area contributed by atoms with Crippen LogP contribution in [0.25, 0.3) is 0 Å². The average molecular weight is 294 g/mol. The van der Waals surface area contributed by atoms with Gasteiger partial charge in [0.05, 0.1) is 0 Å². The minimum atomic E-state index is -5.04. The number of alkyl halides is 3. The van der Waals surface area contributed by atoms with Gasteiger partial charge in [0.15, 0.2) is 0 Å². The maximum atomic E-state index is 12.1. The number of carbonyl (C=O) groups excluding carboxylic acids is 1. The highest BCUT2D eigenvalue weighted by Gasteiger charge is 2.39. The number of hydrogen-bond donors (Lipinski definition) is 0. The molecule has 19 heavy (non-hydrogen) atoms. The van der Waals surface area contributed by atoms with Gasteiger partial charge in [0.25, 0.3) is 0 Å². The molecule has 0 amide bonds. The van der Waals surface area contributed by atoms with Crippen molar-refractivity contribution in [2.75, 3.05) is 0 Å². The van der Waals surface area contributed by atoms with Crippen LogP contribution in [0.15, 0.2) is 41.3 Å². The zero-order valence-corrected chi connectivity index (χ0v) is 10.5. The normalized spacial score (nSPS) is 12.0. The topological polar surface area (TPSA) is 60.4 Å². The monoisotopic (exact) mass is 294 g/mol. The van der Waals surface area contributed by atoms with Crippen molar-refractivity contribution < 1.29 is 30.6 Å². The third kappa shape index (κ3) is 3.82. The summed E-state index contributed by atoms with van der Waals surface area (Å²) in [5.41, 5.74) is -1.15. The Morgan fingerprint density at radius 2 is 1.68 bits per heavy atom. The predicted octanol–water partition coefficient (Wildman–Crippen LogP) is 2.35. The molecule has 0 heterocycles. The SMILES string of the molecule is C=C(C(=O)OS(=O)(=O)c1ccc(C)cc1)C(F)(F)F. The highest BCUT2D eigenvalue weighted by Crippen LogP contribution is 2.26. The lowest BCUT2D eigenvalue weighted by Crippen LogP contribution is -2.23. The van der Waals surface area contributed by atoms with Crippen LogP contribution in [0.1, 0.15) is 5.56 Å². The summed E-state index contributed by atoms with van der Waals surface area (Å²) in [6.07, 6.45) is -5.04. The van der Waals surface area contributed by atoms with E-state index in [9.17, 15) is 26.4 Å². The lowest BCUT2D eigenvalue weighted by Gasteiger charge is -2.09. The van der Waals surface area contributed by atoms with Crippen molar-refractivity contribution in [3.63, 3.8) is 0 Å². The minimum absolute atomic E-state index is 0.415.